The monoisotopic (exact) mass is 183 g/mol. The van der Waals surface area contributed by atoms with Crippen LogP contribution in [0.4, 0.5) is 0 Å². The van der Waals surface area contributed by atoms with Gasteiger partial charge in [0.2, 0.25) is 0 Å². The molecule has 0 aliphatic heterocycles. The van der Waals surface area contributed by atoms with Gasteiger partial charge in [0.25, 0.3) is 0 Å². The van der Waals surface area contributed by atoms with Crippen molar-refractivity contribution in [3.8, 4) is 0 Å². The van der Waals surface area contributed by atoms with Gasteiger partial charge in [0.1, 0.15) is 6.04 Å². The lowest BCUT2D eigenvalue weighted by Crippen LogP contribution is -2.34. The zero-order valence-electron chi connectivity index (χ0n) is 5.93. The van der Waals surface area contributed by atoms with Gasteiger partial charge in [0.15, 0.2) is 0 Å². The first-order valence-electron chi connectivity index (χ1n) is 2.75. The Morgan fingerprint density at radius 1 is 1.73 bits per heavy atom. The second-order valence-electron chi connectivity index (χ2n) is 1.98. The van der Waals surface area contributed by atoms with Crippen LogP contribution in [0, 0.1) is 0 Å². The average Bonchev–Trinajstić information content (AvgIpc) is 1.82. The smallest absolute Gasteiger partial charge is 0.327 e. The number of carbonyl (C=O) groups excluding carboxylic acids is 1. The lowest BCUT2D eigenvalue weighted by Gasteiger charge is -2.09. The molecule has 0 rings (SSSR count). The molecule has 0 aliphatic carbocycles. The molecule has 7 heteroatoms. The molecular weight excluding hydrogens is 173 g/mol. The predicted molar refractivity (Wildman–Crippen MR) is 36.9 cm³/mol. The molecule has 0 saturated heterocycles. The maximum absolute atomic E-state index is 10.5. The molecule has 0 radical (unpaired) electrons. The quantitative estimate of drug-likeness (QED) is 0.369. The summed E-state index contributed by atoms with van der Waals surface area (Å²) in [5, 5.41) is 0. The van der Waals surface area contributed by atoms with Crippen LogP contribution in [-0.2, 0) is 14.1 Å². The third-order valence-corrected chi connectivity index (χ3v) is 1.81. The largest absolute Gasteiger partial charge is 0.468 e. The van der Waals surface area contributed by atoms with E-state index in [-0.39, 0.29) is 0 Å². The highest BCUT2D eigenvalue weighted by Crippen LogP contribution is 2.34. The summed E-state index contributed by atoms with van der Waals surface area (Å²) >= 11 is 0. The second-order valence-corrected chi connectivity index (χ2v) is 3.67. The molecule has 1 unspecified atom stereocenters. The first-order valence-corrected chi connectivity index (χ1v) is 4.54. The van der Waals surface area contributed by atoms with E-state index in [1.54, 1.807) is 0 Å². The van der Waals surface area contributed by atoms with Gasteiger partial charge >= 0.3 is 13.6 Å². The maximum Gasteiger partial charge on any atom is 0.327 e. The third kappa shape index (κ3) is 4.92. The molecule has 11 heavy (non-hydrogen) atoms. The fraction of sp³-hybridized carbons (Fsp3) is 0.750. The summed E-state index contributed by atoms with van der Waals surface area (Å²) in [6.45, 7) is 0. The molecule has 4 N–H and O–H groups in total. The van der Waals surface area contributed by atoms with Crippen molar-refractivity contribution in [2.75, 3.05) is 13.3 Å². The van der Waals surface area contributed by atoms with E-state index in [2.05, 4.69) is 4.74 Å². The normalized spacial score (nSPS) is 14.2. The van der Waals surface area contributed by atoms with Gasteiger partial charge < -0.3 is 20.3 Å². The summed E-state index contributed by atoms with van der Waals surface area (Å²) in [4.78, 5) is 27.2. The lowest BCUT2D eigenvalue weighted by molar-refractivity contribution is -0.141. The summed E-state index contributed by atoms with van der Waals surface area (Å²) in [6, 6.07) is -1.25. The lowest BCUT2D eigenvalue weighted by atomic mass is 10.4. The van der Waals surface area contributed by atoms with Gasteiger partial charge in [-0.2, -0.15) is 0 Å². The average molecular weight is 183 g/mol. The van der Waals surface area contributed by atoms with Gasteiger partial charge in [-0.05, 0) is 0 Å². The molecule has 0 amide bonds. The number of hydrogen-bond acceptors (Lipinski definition) is 4. The van der Waals surface area contributed by atoms with E-state index >= 15 is 0 Å². The van der Waals surface area contributed by atoms with Crippen LogP contribution in [0.15, 0.2) is 0 Å². The topological polar surface area (TPSA) is 110 Å². The molecule has 1 atom stereocenters. The van der Waals surface area contributed by atoms with Crippen molar-refractivity contribution in [2.24, 2.45) is 5.73 Å². The van der Waals surface area contributed by atoms with Crippen molar-refractivity contribution >= 4 is 13.6 Å². The van der Waals surface area contributed by atoms with Crippen molar-refractivity contribution in [3.63, 3.8) is 0 Å². The SMILES string of the molecule is COC(=O)C(N)CP(=O)(O)O. The van der Waals surface area contributed by atoms with Gasteiger partial charge in [0.05, 0.1) is 13.3 Å². The van der Waals surface area contributed by atoms with Crippen LogP contribution in [0.3, 0.4) is 0 Å². The number of esters is 1. The van der Waals surface area contributed by atoms with Gasteiger partial charge in [-0.1, -0.05) is 0 Å². The molecule has 0 aromatic rings. The Hall–Kier alpha value is -0.420. The minimum atomic E-state index is -4.21. The van der Waals surface area contributed by atoms with Crippen LogP contribution in [-0.4, -0.2) is 35.1 Å². The predicted octanol–water partition coefficient (Wildman–Crippen LogP) is -1.34. The molecule has 0 aromatic heterocycles. The van der Waals surface area contributed by atoms with Crippen molar-refractivity contribution in [1.82, 2.24) is 0 Å². The van der Waals surface area contributed by atoms with Crippen LogP contribution in [0.1, 0.15) is 0 Å². The third-order valence-electron chi connectivity index (χ3n) is 0.938. The van der Waals surface area contributed by atoms with E-state index in [0.29, 0.717) is 0 Å². The Morgan fingerprint density at radius 3 is 2.45 bits per heavy atom. The van der Waals surface area contributed by atoms with Crippen molar-refractivity contribution < 1.29 is 23.9 Å². The van der Waals surface area contributed by atoms with Gasteiger partial charge in [0, 0.05) is 0 Å². The first-order chi connectivity index (χ1) is 4.87. The van der Waals surface area contributed by atoms with Crippen LogP contribution in [0.5, 0.6) is 0 Å². The number of methoxy groups -OCH3 is 1. The van der Waals surface area contributed by atoms with E-state index in [1.165, 1.54) is 0 Å². The van der Waals surface area contributed by atoms with E-state index < -0.39 is 25.8 Å². The standard InChI is InChI=1S/C4H10NO5P/c1-10-4(6)3(5)2-11(7,8)9/h3H,2,5H2,1H3,(H2,7,8,9). The molecule has 0 aliphatic rings. The minimum Gasteiger partial charge on any atom is -0.468 e. The van der Waals surface area contributed by atoms with E-state index in [4.69, 9.17) is 15.5 Å². The zero-order chi connectivity index (χ0) is 9.07. The molecule has 66 valence electrons. The Morgan fingerprint density at radius 2 is 2.18 bits per heavy atom. The van der Waals surface area contributed by atoms with Crippen LogP contribution in [0.2, 0.25) is 0 Å². The molecule has 0 heterocycles. The number of rotatable bonds is 3. The van der Waals surface area contributed by atoms with Crippen LogP contribution >= 0.6 is 7.60 Å². The molecule has 0 spiro atoms. The summed E-state index contributed by atoms with van der Waals surface area (Å²) in [7, 11) is -3.12. The maximum atomic E-state index is 10.5. The Bertz CT molecular complexity index is 187. The number of nitrogens with two attached hydrogens (primary N) is 1. The fourth-order valence-corrected chi connectivity index (χ4v) is 1.14. The van der Waals surface area contributed by atoms with E-state index in [0.717, 1.165) is 7.11 Å². The van der Waals surface area contributed by atoms with E-state index in [9.17, 15) is 9.36 Å². The number of ether oxygens (including phenoxy) is 1. The summed E-state index contributed by atoms with van der Waals surface area (Å²) in [5.41, 5.74) is 5.05. The Kier molecular flexibility index (Phi) is 3.68. The van der Waals surface area contributed by atoms with Crippen LogP contribution in [0.25, 0.3) is 0 Å². The summed E-state index contributed by atoms with van der Waals surface area (Å²) in [6.07, 6.45) is -0.681. The molecule has 6 nitrogen and oxygen atoms in total. The highest BCUT2D eigenvalue weighted by Gasteiger charge is 2.24. The van der Waals surface area contributed by atoms with E-state index in [1.807, 2.05) is 0 Å². The van der Waals surface area contributed by atoms with Gasteiger partial charge in [-0.15, -0.1) is 0 Å². The van der Waals surface area contributed by atoms with Gasteiger partial charge in [-0.25, -0.2) is 0 Å². The van der Waals surface area contributed by atoms with Crippen LogP contribution < -0.4 is 5.73 Å². The zero-order valence-corrected chi connectivity index (χ0v) is 6.82. The fourth-order valence-electron chi connectivity index (χ4n) is 0.482. The summed E-state index contributed by atoms with van der Waals surface area (Å²) < 4.78 is 14.4. The molecular formula is C4H10NO5P. The van der Waals surface area contributed by atoms with Crippen molar-refractivity contribution in [2.45, 2.75) is 6.04 Å². The highest BCUT2D eigenvalue weighted by atomic mass is 31.2. The molecule has 0 bridgehead atoms. The molecule has 0 saturated carbocycles. The van der Waals surface area contributed by atoms with Crippen molar-refractivity contribution in [1.29, 1.82) is 0 Å². The Labute approximate surface area is 63.5 Å². The highest BCUT2D eigenvalue weighted by molar-refractivity contribution is 7.51. The van der Waals surface area contributed by atoms with Crippen molar-refractivity contribution in [3.05, 3.63) is 0 Å². The first kappa shape index (κ1) is 10.6. The Balaban J connectivity index is 3.98. The number of hydrogen-bond donors (Lipinski definition) is 3. The molecule has 0 fully saturated rings. The second kappa shape index (κ2) is 3.82. The molecule has 0 aromatic carbocycles. The minimum absolute atomic E-state index is 0.681. The summed E-state index contributed by atoms with van der Waals surface area (Å²) in [5.74, 6) is -0.826. The van der Waals surface area contributed by atoms with Gasteiger partial charge in [-0.3, -0.25) is 9.36 Å². The number of carbonyl (C=O) groups is 1.